The highest BCUT2D eigenvalue weighted by Crippen LogP contribution is 2.59. The van der Waals surface area contributed by atoms with E-state index < -0.39 is 0 Å². The normalized spacial score (nSPS) is 35.5. The zero-order chi connectivity index (χ0) is 11.9. The van der Waals surface area contributed by atoms with Gasteiger partial charge in [-0.05, 0) is 30.7 Å². The Balaban J connectivity index is 2.03. The number of nitrogens with two attached hydrogens (primary N) is 1. The molecule has 2 atom stereocenters. The zero-order valence-electron chi connectivity index (χ0n) is 10.8. The fourth-order valence-electron chi connectivity index (χ4n) is 4.05. The minimum atomic E-state index is 0.0781. The van der Waals surface area contributed by atoms with Crippen molar-refractivity contribution in [2.24, 2.45) is 11.7 Å². The second-order valence-corrected chi connectivity index (χ2v) is 6.15. The third-order valence-electron chi connectivity index (χ3n) is 5.29. The third kappa shape index (κ3) is 1.55. The van der Waals surface area contributed by atoms with E-state index in [1.807, 2.05) is 0 Å². The van der Waals surface area contributed by atoms with Crippen LogP contribution in [0.2, 0.25) is 0 Å². The van der Waals surface area contributed by atoms with E-state index in [-0.39, 0.29) is 11.0 Å². The van der Waals surface area contributed by atoms with Gasteiger partial charge in [-0.25, -0.2) is 0 Å². The summed E-state index contributed by atoms with van der Waals surface area (Å²) in [5, 5.41) is 0. The average Bonchev–Trinajstić information content (AvgIpc) is 3.01. The lowest BCUT2D eigenvalue weighted by Gasteiger charge is -2.44. The number of hydrogen-bond donors (Lipinski definition) is 1. The fraction of sp³-hybridized carbons (Fsp3) is 0.625. The Kier molecular flexibility index (Phi) is 2.55. The largest absolute Gasteiger partial charge is 0.324 e. The van der Waals surface area contributed by atoms with Crippen LogP contribution in [-0.2, 0) is 5.41 Å². The summed E-state index contributed by atoms with van der Waals surface area (Å²) in [4.78, 5) is 0. The van der Waals surface area contributed by atoms with Crippen LogP contribution in [0.5, 0.6) is 0 Å². The molecule has 0 aliphatic heterocycles. The Morgan fingerprint density at radius 1 is 1.06 bits per heavy atom. The van der Waals surface area contributed by atoms with Gasteiger partial charge in [0, 0.05) is 11.0 Å². The van der Waals surface area contributed by atoms with Crippen molar-refractivity contribution in [2.45, 2.75) is 56.4 Å². The molecule has 0 heterocycles. The molecule has 1 heteroatoms. The Labute approximate surface area is 104 Å². The molecule has 0 aromatic heterocycles. The van der Waals surface area contributed by atoms with E-state index in [1.165, 1.54) is 44.1 Å². The maximum Gasteiger partial charge on any atom is 0.0282 e. The van der Waals surface area contributed by atoms with E-state index in [0.29, 0.717) is 5.92 Å². The summed E-state index contributed by atoms with van der Waals surface area (Å²) in [6.45, 7) is 2.32. The highest BCUT2D eigenvalue weighted by Gasteiger charge is 2.62. The van der Waals surface area contributed by atoms with Crippen molar-refractivity contribution in [1.82, 2.24) is 0 Å². The summed E-state index contributed by atoms with van der Waals surface area (Å²) in [7, 11) is 0. The number of benzene rings is 1. The van der Waals surface area contributed by atoms with Crippen LogP contribution in [0, 0.1) is 5.92 Å². The van der Waals surface area contributed by atoms with E-state index >= 15 is 0 Å². The van der Waals surface area contributed by atoms with E-state index in [1.54, 1.807) is 0 Å². The molecule has 1 nitrogen and oxygen atoms in total. The van der Waals surface area contributed by atoms with E-state index in [2.05, 4.69) is 37.3 Å². The van der Waals surface area contributed by atoms with Crippen LogP contribution < -0.4 is 5.73 Å². The monoisotopic (exact) mass is 229 g/mol. The molecule has 2 aliphatic rings. The molecule has 2 fully saturated rings. The summed E-state index contributed by atoms with van der Waals surface area (Å²) in [5.74, 6) is 0.695. The predicted octanol–water partition coefficient (Wildman–Crippen LogP) is 3.63. The minimum Gasteiger partial charge on any atom is -0.324 e. The molecule has 0 bridgehead atoms. The predicted molar refractivity (Wildman–Crippen MR) is 71.9 cm³/mol. The molecule has 92 valence electrons. The summed E-state index contributed by atoms with van der Waals surface area (Å²) in [5.41, 5.74) is 8.57. The molecule has 3 rings (SSSR count). The van der Waals surface area contributed by atoms with Crippen molar-refractivity contribution in [2.75, 3.05) is 0 Å². The first-order chi connectivity index (χ1) is 8.19. The first kappa shape index (κ1) is 11.3. The van der Waals surface area contributed by atoms with Gasteiger partial charge in [-0.15, -0.1) is 0 Å². The lowest BCUT2D eigenvalue weighted by Crippen LogP contribution is -2.50. The van der Waals surface area contributed by atoms with Crippen molar-refractivity contribution in [3.05, 3.63) is 35.9 Å². The Hall–Kier alpha value is -0.820. The summed E-state index contributed by atoms with van der Waals surface area (Å²) in [6, 6.07) is 11.0. The average molecular weight is 229 g/mol. The molecular formula is C16H23N. The maximum absolute atomic E-state index is 6.73. The smallest absolute Gasteiger partial charge is 0.0282 e. The Morgan fingerprint density at radius 2 is 1.65 bits per heavy atom. The highest BCUT2D eigenvalue weighted by molar-refractivity contribution is 5.36. The molecule has 17 heavy (non-hydrogen) atoms. The second-order valence-electron chi connectivity index (χ2n) is 6.15. The molecule has 0 amide bonds. The van der Waals surface area contributed by atoms with Crippen molar-refractivity contribution < 1.29 is 0 Å². The van der Waals surface area contributed by atoms with Gasteiger partial charge >= 0.3 is 0 Å². The Morgan fingerprint density at radius 3 is 2.18 bits per heavy atom. The summed E-state index contributed by atoms with van der Waals surface area (Å²) >= 11 is 0. The lowest BCUT2D eigenvalue weighted by molar-refractivity contribution is 0.218. The molecule has 1 aromatic rings. The molecule has 0 saturated heterocycles. The third-order valence-corrected chi connectivity index (χ3v) is 5.29. The van der Waals surface area contributed by atoms with Gasteiger partial charge in [0.2, 0.25) is 0 Å². The van der Waals surface area contributed by atoms with Crippen LogP contribution in [0.1, 0.15) is 51.0 Å². The SMILES string of the molecule is CC1CC1(N)C1(c2ccccc2)CCCCC1. The lowest BCUT2D eigenvalue weighted by atomic mass is 9.63. The van der Waals surface area contributed by atoms with Crippen LogP contribution in [-0.4, -0.2) is 5.54 Å². The van der Waals surface area contributed by atoms with Gasteiger partial charge in [0.25, 0.3) is 0 Å². The molecule has 0 spiro atoms. The van der Waals surface area contributed by atoms with Crippen LogP contribution in [0.3, 0.4) is 0 Å². The van der Waals surface area contributed by atoms with Gasteiger partial charge in [-0.2, -0.15) is 0 Å². The first-order valence-corrected chi connectivity index (χ1v) is 7.03. The van der Waals surface area contributed by atoms with Crippen molar-refractivity contribution in [1.29, 1.82) is 0 Å². The van der Waals surface area contributed by atoms with Gasteiger partial charge in [0.15, 0.2) is 0 Å². The molecule has 2 aliphatic carbocycles. The van der Waals surface area contributed by atoms with Crippen LogP contribution >= 0.6 is 0 Å². The Bertz CT molecular complexity index is 391. The minimum absolute atomic E-state index is 0.0781. The van der Waals surface area contributed by atoms with Gasteiger partial charge in [-0.1, -0.05) is 56.5 Å². The first-order valence-electron chi connectivity index (χ1n) is 7.03. The quantitative estimate of drug-likeness (QED) is 0.823. The standard InChI is InChI=1S/C16H23N/c1-13-12-16(13,17)15(10-6-3-7-11-15)14-8-4-2-5-9-14/h2,4-5,8-9,13H,3,6-7,10-12,17H2,1H3. The molecule has 1 aromatic carbocycles. The topological polar surface area (TPSA) is 26.0 Å². The van der Waals surface area contributed by atoms with Crippen molar-refractivity contribution in [3.63, 3.8) is 0 Å². The molecule has 2 unspecified atom stereocenters. The second kappa shape index (κ2) is 3.84. The molecular weight excluding hydrogens is 206 g/mol. The molecule has 2 N–H and O–H groups in total. The number of rotatable bonds is 2. The highest BCUT2D eigenvalue weighted by atomic mass is 14.9. The molecule has 2 saturated carbocycles. The summed E-state index contributed by atoms with van der Waals surface area (Å²) in [6.07, 6.45) is 7.87. The maximum atomic E-state index is 6.73. The van der Waals surface area contributed by atoms with E-state index in [4.69, 9.17) is 5.73 Å². The zero-order valence-corrected chi connectivity index (χ0v) is 10.8. The van der Waals surface area contributed by atoms with Gasteiger partial charge < -0.3 is 5.73 Å². The van der Waals surface area contributed by atoms with Crippen molar-refractivity contribution in [3.8, 4) is 0 Å². The van der Waals surface area contributed by atoms with Crippen LogP contribution in [0.4, 0.5) is 0 Å². The van der Waals surface area contributed by atoms with Gasteiger partial charge in [0.1, 0.15) is 0 Å². The van der Waals surface area contributed by atoms with Gasteiger partial charge in [-0.3, -0.25) is 0 Å². The van der Waals surface area contributed by atoms with Gasteiger partial charge in [0.05, 0.1) is 0 Å². The number of hydrogen-bond acceptors (Lipinski definition) is 1. The van der Waals surface area contributed by atoms with E-state index in [9.17, 15) is 0 Å². The van der Waals surface area contributed by atoms with Crippen LogP contribution in [0.25, 0.3) is 0 Å². The van der Waals surface area contributed by atoms with E-state index in [0.717, 1.165) is 0 Å². The molecule has 0 radical (unpaired) electrons. The summed E-state index contributed by atoms with van der Waals surface area (Å²) < 4.78 is 0. The fourth-order valence-corrected chi connectivity index (χ4v) is 4.05. The van der Waals surface area contributed by atoms with Crippen LogP contribution in [0.15, 0.2) is 30.3 Å². The van der Waals surface area contributed by atoms with Crippen molar-refractivity contribution >= 4 is 0 Å².